The lowest BCUT2D eigenvalue weighted by Gasteiger charge is -2.14. The van der Waals surface area contributed by atoms with E-state index in [-0.39, 0.29) is 0 Å². The summed E-state index contributed by atoms with van der Waals surface area (Å²) in [6, 6.07) is 8.92. The molecule has 0 bridgehead atoms. The second-order valence-corrected chi connectivity index (χ2v) is 3.40. The van der Waals surface area contributed by atoms with Gasteiger partial charge in [0.1, 0.15) is 0 Å². The summed E-state index contributed by atoms with van der Waals surface area (Å²) in [6.45, 7) is 3.81. The number of hydrogen-bond acceptors (Lipinski definition) is 2. The Balaban J connectivity index is 2.95. The molecule has 0 radical (unpaired) electrons. The Kier molecular flexibility index (Phi) is 3.52. The van der Waals surface area contributed by atoms with Crippen LogP contribution in [0.2, 0.25) is 0 Å². The lowest BCUT2D eigenvalue weighted by molar-refractivity contribution is 0.611. The third-order valence-corrected chi connectivity index (χ3v) is 2.34. The molecule has 0 atom stereocenters. The van der Waals surface area contributed by atoms with Crippen LogP contribution in [0.4, 0.5) is 5.69 Å². The first kappa shape index (κ1) is 9.80. The maximum absolute atomic E-state index is 10.8. The van der Waals surface area contributed by atoms with Gasteiger partial charge in [-0.05, 0) is 12.1 Å². The highest BCUT2D eigenvalue weighted by molar-refractivity contribution is 7.74. The van der Waals surface area contributed by atoms with Gasteiger partial charge >= 0.3 is 0 Å². The van der Waals surface area contributed by atoms with Crippen LogP contribution in [-0.2, 0) is 10.9 Å². The van der Waals surface area contributed by atoms with Crippen LogP contribution < -0.4 is 4.31 Å². The Morgan fingerprint density at radius 3 is 2.38 bits per heavy atom. The van der Waals surface area contributed by atoms with Crippen molar-refractivity contribution in [1.82, 2.24) is 0 Å². The summed E-state index contributed by atoms with van der Waals surface area (Å²) in [5, 5.41) is 0. The van der Waals surface area contributed by atoms with E-state index in [1.165, 1.54) is 4.31 Å². The molecule has 0 aliphatic heterocycles. The lowest BCUT2D eigenvalue weighted by Crippen LogP contribution is -2.20. The van der Waals surface area contributed by atoms with Gasteiger partial charge in [-0.15, -0.1) is 6.58 Å². The van der Waals surface area contributed by atoms with Crippen molar-refractivity contribution in [2.24, 2.45) is 0 Å². The summed E-state index contributed by atoms with van der Waals surface area (Å²) in [5.74, 6) is 0. The quantitative estimate of drug-likeness (QED) is 0.582. The van der Waals surface area contributed by atoms with Crippen molar-refractivity contribution in [3.8, 4) is 0 Å². The van der Waals surface area contributed by atoms with Crippen LogP contribution in [0.15, 0.2) is 43.0 Å². The molecule has 0 aromatic heterocycles. The third-order valence-electron chi connectivity index (χ3n) is 1.55. The Hall–Kier alpha value is -1.29. The normalized spacial score (nSPS) is 9.92. The first-order chi connectivity index (χ1) is 6.25. The van der Waals surface area contributed by atoms with Crippen molar-refractivity contribution in [3.63, 3.8) is 0 Å². The van der Waals surface area contributed by atoms with Crippen LogP contribution in [0, 0.1) is 0 Å². The molecular formula is C9H11NO2S. The fourth-order valence-electron chi connectivity index (χ4n) is 0.989. The van der Waals surface area contributed by atoms with Gasteiger partial charge in [0.15, 0.2) is 0 Å². The number of anilines is 1. The number of para-hydroxylation sites is 1. The zero-order chi connectivity index (χ0) is 9.68. The predicted molar refractivity (Wildman–Crippen MR) is 54.3 cm³/mol. The van der Waals surface area contributed by atoms with E-state index in [1.807, 2.05) is 6.07 Å². The van der Waals surface area contributed by atoms with Crippen molar-refractivity contribution in [3.05, 3.63) is 43.0 Å². The zero-order valence-corrected chi connectivity index (χ0v) is 7.98. The molecule has 0 aliphatic rings. The number of nitrogens with zero attached hydrogens (tertiary/aromatic N) is 1. The van der Waals surface area contributed by atoms with Crippen molar-refractivity contribution in [2.45, 2.75) is 0 Å². The minimum absolute atomic E-state index is 0.308. The maximum Gasteiger partial charge on any atom is 0.225 e. The number of rotatable bonds is 4. The molecule has 1 aromatic carbocycles. The molecule has 1 rings (SSSR count). The molecule has 0 fully saturated rings. The van der Waals surface area contributed by atoms with E-state index in [0.29, 0.717) is 12.2 Å². The molecule has 70 valence electrons. The van der Waals surface area contributed by atoms with Crippen molar-refractivity contribution in [1.29, 1.82) is 0 Å². The molecule has 0 aliphatic carbocycles. The van der Waals surface area contributed by atoms with Crippen LogP contribution in [-0.4, -0.2) is 15.0 Å². The van der Waals surface area contributed by atoms with Gasteiger partial charge in [-0.1, -0.05) is 24.3 Å². The highest BCUT2D eigenvalue weighted by Gasteiger charge is 2.04. The van der Waals surface area contributed by atoms with Gasteiger partial charge in [0.05, 0.1) is 12.2 Å². The molecule has 0 saturated heterocycles. The second-order valence-electron chi connectivity index (χ2n) is 2.44. The van der Waals surface area contributed by atoms with Crippen LogP contribution in [0.3, 0.4) is 0 Å². The molecule has 0 amide bonds. The fraction of sp³-hybridized carbons (Fsp3) is 0.111. The van der Waals surface area contributed by atoms with Gasteiger partial charge in [0.25, 0.3) is 0 Å². The highest BCUT2D eigenvalue weighted by atomic mass is 32.2. The van der Waals surface area contributed by atoms with Gasteiger partial charge in [-0.3, -0.25) is 4.31 Å². The smallest absolute Gasteiger partial charge is 0.225 e. The third kappa shape index (κ3) is 2.59. The number of benzene rings is 1. The monoisotopic (exact) mass is 197 g/mol. The van der Waals surface area contributed by atoms with E-state index in [4.69, 9.17) is 0 Å². The summed E-state index contributed by atoms with van der Waals surface area (Å²) in [4.78, 5) is 0. The van der Waals surface area contributed by atoms with Crippen LogP contribution in [0.25, 0.3) is 0 Å². The summed E-state index contributed by atoms with van der Waals surface area (Å²) >= 11 is 0. The second kappa shape index (κ2) is 4.67. The van der Waals surface area contributed by atoms with Gasteiger partial charge in [-0.25, -0.2) is 8.42 Å². The van der Waals surface area contributed by atoms with E-state index in [0.717, 1.165) is 0 Å². The summed E-state index contributed by atoms with van der Waals surface area (Å²) < 4.78 is 22.9. The van der Waals surface area contributed by atoms with E-state index in [2.05, 4.69) is 6.58 Å². The topological polar surface area (TPSA) is 37.4 Å². The van der Waals surface area contributed by atoms with Crippen LogP contribution in [0.5, 0.6) is 0 Å². The molecule has 13 heavy (non-hydrogen) atoms. The predicted octanol–water partition coefficient (Wildman–Crippen LogP) is 1.21. The molecule has 0 heterocycles. The van der Waals surface area contributed by atoms with Crippen molar-refractivity contribution >= 4 is 16.6 Å². The van der Waals surface area contributed by atoms with Gasteiger partial charge in [0, 0.05) is 0 Å². The van der Waals surface area contributed by atoms with E-state index < -0.39 is 10.9 Å². The SMILES string of the molecule is C=CCN(c1ccccc1)[SH](=O)=O. The molecule has 4 heteroatoms. The van der Waals surface area contributed by atoms with Gasteiger partial charge < -0.3 is 0 Å². The van der Waals surface area contributed by atoms with Gasteiger partial charge in [0.2, 0.25) is 10.9 Å². The first-order valence-corrected chi connectivity index (χ1v) is 4.96. The Labute approximate surface area is 79.4 Å². The molecule has 0 saturated carbocycles. The largest absolute Gasteiger partial charge is 0.269 e. The number of thiol groups is 1. The molecule has 0 unspecified atom stereocenters. The van der Waals surface area contributed by atoms with E-state index in [1.54, 1.807) is 30.3 Å². The van der Waals surface area contributed by atoms with Crippen molar-refractivity contribution in [2.75, 3.05) is 10.8 Å². The molecular weight excluding hydrogens is 186 g/mol. The number of hydrogen-bond donors (Lipinski definition) is 1. The Morgan fingerprint density at radius 2 is 1.92 bits per heavy atom. The van der Waals surface area contributed by atoms with E-state index in [9.17, 15) is 8.42 Å². The van der Waals surface area contributed by atoms with Crippen molar-refractivity contribution < 1.29 is 8.42 Å². The average Bonchev–Trinajstić information content (AvgIpc) is 2.15. The lowest BCUT2D eigenvalue weighted by atomic mass is 10.3. The molecule has 0 spiro atoms. The fourth-order valence-corrected chi connectivity index (χ4v) is 1.56. The Bertz CT molecular complexity index is 338. The summed E-state index contributed by atoms with van der Waals surface area (Å²) in [6.07, 6.45) is 1.55. The maximum atomic E-state index is 10.8. The Morgan fingerprint density at radius 1 is 1.31 bits per heavy atom. The molecule has 1 aromatic rings. The molecule has 0 N–H and O–H groups in total. The minimum atomic E-state index is -2.58. The highest BCUT2D eigenvalue weighted by Crippen LogP contribution is 2.12. The zero-order valence-electron chi connectivity index (χ0n) is 7.09. The summed E-state index contributed by atoms with van der Waals surface area (Å²) in [7, 11) is -2.58. The standard InChI is InChI=1S/C9H11NO2S/c1-2-8-10(13(11)12)9-6-4-3-5-7-9/h2-7,13H,1,8H2. The molecule has 3 nitrogen and oxygen atoms in total. The average molecular weight is 197 g/mol. The van der Waals surface area contributed by atoms with Crippen LogP contribution >= 0.6 is 0 Å². The minimum Gasteiger partial charge on any atom is -0.269 e. The van der Waals surface area contributed by atoms with Crippen LogP contribution in [0.1, 0.15) is 0 Å². The van der Waals surface area contributed by atoms with Gasteiger partial charge in [-0.2, -0.15) is 0 Å². The summed E-state index contributed by atoms with van der Waals surface area (Å²) in [5.41, 5.74) is 0.665. The van der Waals surface area contributed by atoms with E-state index >= 15 is 0 Å². The first-order valence-electron chi connectivity index (χ1n) is 3.83.